The first-order valence-corrected chi connectivity index (χ1v) is 11.6. The van der Waals surface area contributed by atoms with E-state index in [9.17, 15) is 9.90 Å². The van der Waals surface area contributed by atoms with Crippen LogP contribution in [0.2, 0.25) is 0 Å². The van der Waals surface area contributed by atoms with E-state index in [1.54, 1.807) is 18.2 Å². The standard InChI is InChI=1S/C23H24N2O3.C4H2S/c1-4-16-8-7-10-20(22(16)28-15(2)3)23(27)25-18(14-26)12-17-13-24-21-11-6-5-9-19(17)21;1-2-4-3(1)5-4/h1,5-11,13,15,18,24,26H,12,14H2,2-3H3,(H,25,27);1-2H/t18-;/m1./s1. The molecule has 3 aromatic rings. The number of nitrogens with one attached hydrogen (secondary N) is 2. The molecule has 33 heavy (non-hydrogen) atoms. The van der Waals surface area contributed by atoms with Crippen molar-refractivity contribution in [3.8, 4) is 27.8 Å². The number of fused-ring (bicyclic) bond motifs is 2. The van der Waals surface area contributed by atoms with Crippen molar-refractivity contribution in [2.45, 2.75) is 32.4 Å². The van der Waals surface area contributed by atoms with Crippen LogP contribution in [0.1, 0.15) is 35.3 Å². The van der Waals surface area contributed by atoms with E-state index in [0.717, 1.165) is 16.5 Å². The maximum absolute atomic E-state index is 12.9. The Labute approximate surface area is 197 Å². The number of rotatable bonds is 7. The molecule has 5 nitrogen and oxygen atoms in total. The van der Waals surface area contributed by atoms with Gasteiger partial charge in [0.25, 0.3) is 5.91 Å². The van der Waals surface area contributed by atoms with Crippen molar-refractivity contribution < 1.29 is 14.6 Å². The largest absolute Gasteiger partial charge is 0.489 e. The first kappa shape index (κ1) is 22.7. The number of aromatic amines is 1. The van der Waals surface area contributed by atoms with Crippen molar-refractivity contribution in [2.24, 2.45) is 0 Å². The van der Waals surface area contributed by atoms with Crippen LogP contribution in [0.25, 0.3) is 20.7 Å². The van der Waals surface area contributed by atoms with Gasteiger partial charge in [0.15, 0.2) is 0 Å². The number of benzene rings is 2. The van der Waals surface area contributed by atoms with Gasteiger partial charge in [-0.1, -0.05) is 30.2 Å². The first-order valence-electron chi connectivity index (χ1n) is 10.8. The molecule has 2 aromatic carbocycles. The monoisotopic (exact) mass is 458 g/mol. The molecule has 5 rings (SSSR count). The third kappa shape index (κ3) is 5.28. The van der Waals surface area contributed by atoms with Gasteiger partial charge in [0.05, 0.1) is 29.9 Å². The summed E-state index contributed by atoms with van der Waals surface area (Å²) < 4.78 is 5.80. The van der Waals surface area contributed by atoms with Gasteiger partial charge in [-0.15, -0.1) is 17.8 Å². The number of carbonyl (C=O) groups excluding carboxylic acids is 1. The number of aliphatic hydroxyl groups excluding tert-OH is 1. The molecule has 1 aromatic heterocycles. The number of ether oxygens (including phenoxy) is 1. The molecule has 2 heterocycles. The zero-order valence-electron chi connectivity index (χ0n) is 18.6. The minimum absolute atomic E-state index is 0.124. The van der Waals surface area contributed by atoms with Crippen LogP contribution in [0.3, 0.4) is 0 Å². The number of para-hydroxylation sites is 2. The number of aliphatic hydroxyl groups is 1. The van der Waals surface area contributed by atoms with E-state index in [0.29, 0.717) is 23.3 Å². The van der Waals surface area contributed by atoms with Gasteiger partial charge in [0.2, 0.25) is 0 Å². The molecule has 0 unspecified atom stereocenters. The number of amides is 1. The van der Waals surface area contributed by atoms with Crippen LogP contribution in [0, 0.1) is 12.3 Å². The van der Waals surface area contributed by atoms with Crippen LogP contribution < -0.4 is 10.1 Å². The van der Waals surface area contributed by atoms with E-state index in [4.69, 9.17) is 11.2 Å². The van der Waals surface area contributed by atoms with Crippen molar-refractivity contribution in [3.63, 3.8) is 0 Å². The van der Waals surface area contributed by atoms with Gasteiger partial charge in [-0.2, -0.15) is 0 Å². The lowest BCUT2D eigenvalue weighted by Gasteiger charge is -2.19. The molecule has 168 valence electrons. The summed E-state index contributed by atoms with van der Waals surface area (Å²) in [5.74, 6) is 2.62. The smallest absolute Gasteiger partial charge is 0.255 e. The number of H-pyrrole nitrogens is 1. The second-order valence-corrected chi connectivity index (χ2v) is 9.16. The van der Waals surface area contributed by atoms with E-state index in [2.05, 4.69) is 28.4 Å². The molecule has 0 saturated heterocycles. The third-order valence-corrected chi connectivity index (χ3v) is 6.22. The molecule has 1 atom stereocenters. The van der Waals surface area contributed by atoms with Gasteiger partial charge in [-0.25, -0.2) is 0 Å². The van der Waals surface area contributed by atoms with Gasteiger partial charge in [-0.05, 0) is 56.2 Å². The van der Waals surface area contributed by atoms with Crippen molar-refractivity contribution in [2.75, 3.05) is 6.61 Å². The van der Waals surface area contributed by atoms with Crippen LogP contribution in [0.4, 0.5) is 0 Å². The molecule has 0 fully saturated rings. The molecule has 2 aliphatic rings. The predicted octanol–water partition coefficient (Wildman–Crippen LogP) is 5.00. The summed E-state index contributed by atoms with van der Waals surface area (Å²) in [6, 6.07) is 16.9. The van der Waals surface area contributed by atoms with Gasteiger partial charge in [0.1, 0.15) is 5.75 Å². The van der Waals surface area contributed by atoms with Gasteiger partial charge in [-0.3, -0.25) is 4.79 Å². The summed E-state index contributed by atoms with van der Waals surface area (Å²) in [4.78, 5) is 19.1. The predicted molar refractivity (Wildman–Crippen MR) is 134 cm³/mol. The fourth-order valence-electron chi connectivity index (χ4n) is 3.56. The summed E-state index contributed by atoms with van der Waals surface area (Å²) >= 11 is 1.88. The minimum Gasteiger partial charge on any atom is -0.489 e. The van der Waals surface area contributed by atoms with E-state index in [-0.39, 0.29) is 18.6 Å². The Morgan fingerprint density at radius 1 is 1.15 bits per heavy atom. The lowest BCUT2D eigenvalue weighted by molar-refractivity contribution is 0.0910. The fourth-order valence-corrected chi connectivity index (χ4v) is 4.16. The summed E-state index contributed by atoms with van der Waals surface area (Å²) in [5, 5.41) is 13.8. The normalized spacial score (nSPS) is 12.0. The lowest BCUT2D eigenvalue weighted by atomic mass is 10.0. The zero-order chi connectivity index (χ0) is 23.4. The topological polar surface area (TPSA) is 74.4 Å². The third-order valence-electron chi connectivity index (χ3n) is 5.27. The molecule has 0 spiro atoms. The average Bonchev–Trinajstić information content (AvgIpc) is 3.20. The maximum Gasteiger partial charge on any atom is 0.255 e. The van der Waals surface area contributed by atoms with Gasteiger partial charge in [0, 0.05) is 26.9 Å². The number of aromatic nitrogens is 1. The first-order chi connectivity index (χ1) is 16.0. The highest BCUT2D eigenvalue weighted by molar-refractivity contribution is 7.30. The minimum atomic E-state index is -0.437. The highest BCUT2D eigenvalue weighted by Gasteiger charge is 2.20. The van der Waals surface area contributed by atoms with Gasteiger partial charge >= 0.3 is 0 Å². The van der Waals surface area contributed by atoms with Crippen molar-refractivity contribution >= 4 is 28.1 Å². The molecule has 0 radical (unpaired) electrons. The second-order valence-electron chi connectivity index (χ2n) is 8.07. The van der Waals surface area contributed by atoms with Crippen molar-refractivity contribution in [1.82, 2.24) is 10.3 Å². The Morgan fingerprint density at radius 2 is 1.91 bits per heavy atom. The van der Waals surface area contributed by atoms with Crippen LogP contribution >= 0.6 is 11.3 Å². The Bertz CT molecular complexity index is 1290. The highest BCUT2D eigenvalue weighted by atomic mass is 32.1. The fraction of sp³-hybridized carbons (Fsp3) is 0.222. The molecule has 0 saturated carbocycles. The Balaban J connectivity index is 0.000000447. The number of hydrogen-bond acceptors (Lipinski definition) is 4. The second kappa shape index (κ2) is 9.95. The molecule has 1 amide bonds. The summed E-state index contributed by atoms with van der Waals surface area (Å²) in [6.07, 6.45) is 7.85. The average molecular weight is 459 g/mol. The van der Waals surface area contributed by atoms with Crippen LogP contribution in [-0.2, 0) is 6.42 Å². The van der Waals surface area contributed by atoms with E-state index >= 15 is 0 Å². The number of terminal acetylenes is 1. The van der Waals surface area contributed by atoms with E-state index in [1.807, 2.05) is 55.6 Å². The molecular formula is C27H26N2O3S. The summed E-state index contributed by atoms with van der Waals surface area (Å²) in [7, 11) is 0. The quantitative estimate of drug-likeness (QED) is 0.301. The highest BCUT2D eigenvalue weighted by Crippen LogP contribution is 2.45. The van der Waals surface area contributed by atoms with E-state index < -0.39 is 6.04 Å². The SMILES string of the molecule is C#Cc1cccc(C(=O)N[C@@H](CO)Cc2c[nH]c3ccccc23)c1OC(C)C.c1cc2sc1-2. The summed E-state index contributed by atoms with van der Waals surface area (Å²) in [5.41, 5.74) is 2.95. The summed E-state index contributed by atoms with van der Waals surface area (Å²) in [6.45, 7) is 3.57. The van der Waals surface area contributed by atoms with Crippen LogP contribution in [0.15, 0.2) is 60.8 Å². The maximum atomic E-state index is 12.9. The Kier molecular flexibility index (Phi) is 6.83. The van der Waals surface area contributed by atoms with Gasteiger partial charge < -0.3 is 20.1 Å². The molecule has 3 N–H and O–H groups in total. The number of hydrogen-bond donors (Lipinski definition) is 3. The van der Waals surface area contributed by atoms with Crippen molar-refractivity contribution in [1.29, 1.82) is 0 Å². The Hall–Kier alpha value is -3.53. The number of carbonyl (C=O) groups is 1. The molecule has 1 aliphatic heterocycles. The molecule has 0 bridgehead atoms. The lowest BCUT2D eigenvalue weighted by Crippen LogP contribution is -2.39. The zero-order valence-corrected chi connectivity index (χ0v) is 19.4. The van der Waals surface area contributed by atoms with Crippen molar-refractivity contribution in [3.05, 3.63) is 77.5 Å². The Morgan fingerprint density at radius 3 is 2.52 bits per heavy atom. The van der Waals surface area contributed by atoms with Crippen LogP contribution in [0.5, 0.6) is 5.75 Å². The molecular weight excluding hydrogens is 432 g/mol. The molecule has 6 heteroatoms. The van der Waals surface area contributed by atoms with E-state index in [1.165, 1.54) is 9.75 Å². The molecule has 1 aliphatic carbocycles. The van der Waals surface area contributed by atoms with Crippen LogP contribution in [-0.4, -0.2) is 34.8 Å². The number of thiophene rings is 1.